The number of hydrogen-bond acceptors (Lipinski definition) is 5. The smallest absolute Gasteiger partial charge is 0.354 e. The molecule has 2 aromatic rings. The molecular weight excluding hydrogens is 270 g/mol. The zero-order chi connectivity index (χ0) is 15.2. The van der Waals surface area contributed by atoms with Crippen LogP contribution in [0.5, 0.6) is 0 Å². The number of nitrogens with one attached hydrogen (secondary N) is 2. The fourth-order valence-electron chi connectivity index (χ4n) is 2.13. The van der Waals surface area contributed by atoms with Gasteiger partial charge in [0.2, 0.25) is 0 Å². The third-order valence-electron chi connectivity index (χ3n) is 3.30. The fourth-order valence-corrected chi connectivity index (χ4v) is 2.13. The predicted octanol–water partition coefficient (Wildman–Crippen LogP) is 1.79. The van der Waals surface area contributed by atoms with Gasteiger partial charge in [0.05, 0.1) is 19.4 Å². The van der Waals surface area contributed by atoms with Gasteiger partial charge in [-0.2, -0.15) is 0 Å². The molecule has 6 heteroatoms. The number of furan rings is 1. The van der Waals surface area contributed by atoms with Crippen molar-refractivity contribution in [3.63, 3.8) is 0 Å². The molecule has 0 aliphatic heterocycles. The second kappa shape index (κ2) is 7.10. The van der Waals surface area contributed by atoms with E-state index < -0.39 is 0 Å². The van der Waals surface area contributed by atoms with Gasteiger partial charge in [-0.25, -0.2) is 4.79 Å². The summed E-state index contributed by atoms with van der Waals surface area (Å²) in [6, 6.07) is 7.61. The van der Waals surface area contributed by atoms with Gasteiger partial charge in [-0.15, -0.1) is 0 Å². The van der Waals surface area contributed by atoms with Crippen molar-refractivity contribution in [2.24, 2.45) is 0 Å². The Bertz CT molecular complexity index is 560. The monoisotopic (exact) mass is 291 g/mol. The molecule has 0 saturated heterocycles. The minimum atomic E-state index is -0.358. The molecule has 0 aliphatic rings. The molecule has 2 aromatic heterocycles. The van der Waals surface area contributed by atoms with Crippen LogP contribution in [0.25, 0.3) is 0 Å². The summed E-state index contributed by atoms with van der Waals surface area (Å²) in [7, 11) is 5.39. The average Bonchev–Trinajstić information content (AvgIpc) is 3.13. The number of nitrogens with zero attached hydrogens (tertiary/aromatic N) is 1. The highest BCUT2D eigenvalue weighted by Crippen LogP contribution is 2.17. The highest BCUT2D eigenvalue weighted by atomic mass is 16.5. The number of likely N-dealkylation sites (N-methyl/N-ethyl adjacent to an activating group) is 1. The lowest BCUT2D eigenvalue weighted by molar-refractivity contribution is 0.0594. The molecule has 0 spiro atoms. The van der Waals surface area contributed by atoms with Crippen LogP contribution in [0.3, 0.4) is 0 Å². The van der Waals surface area contributed by atoms with Crippen LogP contribution in [0.2, 0.25) is 0 Å². The van der Waals surface area contributed by atoms with Gasteiger partial charge >= 0.3 is 5.97 Å². The summed E-state index contributed by atoms with van der Waals surface area (Å²) in [5.41, 5.74) is 1.40. The summed E-state index contributed by atoms with van der Waals surface area (Å²) in [6.45, 7) is 1.38. The van der Waals surface area contributed by atoms with Gasteiger partial charge in [0.25, 0.3) is 0 Å². The summed E-state index contributed by atoms with van der Waals surface area (Å²) in [6.07, 6.45) is 1.68. The molecule has 2 heterocycles. The molecule has 1 unspecified atom stereocenters. The Morgan fingerprint density at radius 3 is 2.86 bits per heavy atom. The SMILES string of the molecule is COC(=O)c1ccc(CNCC(c2ccco2)N(C)C)[nH]1. The van der Waals surface area contributed by atoms with Crippen LogP contribution in [0.4, 0.5) is 0 Å². The number of rotatable bonds is 7. The molecule has 21 heavy (non-hydrogen) atoms. The third-order valence-corrected chi connectivity index (χ3v) is 3.30. The Labute approximate surface area is 124 Å². The van der Waals surface area contributed by atoms with Crippen LogP contribution in [0.1, 0.15) is 28.0 Å². The zero-order valence-corrected chi connectivity index (χ0v) is 12.6. The van der Waals surface area contributed by atoms with Crippen LogP contribution in [0, 0.1) is 0 Å². The molecule has 1 atom stereocenters. The normalized spacial score (nSPS) is 12.6. The number of esters is 1. The largest absolute Gasteiger partial charge is 0.468 e. The Hall–Kier alpha value is -2.05. The van der Waals surface area contributed by atoms with Crippen LogP contribution >= 0.6 is 0 Å². The van der Waals surface area contributed by atoms with E-state index in [2.05, 4.69) is 19.9 Å². The zero-order valence-electron chi connectivity index (χ0n) is 12.6. The topological polar surface area (TPSA) is 70.5 Å². The molecular formula is C15H21N3O3. The molecule has 2 N–H and O–H groups in total. The summed E-state index contributed by atoms with van der Waals surface area (Å²) in [4.78, 5) is 16.5. The Balaban J connectivity index is 1.88. The highest BCUT2D eigenvalue weighted by molar-refractivity contribution is 5.87. The van der Waals surface area contributed by atoms with Crippen molar-refractivity contribution in [1.29, 1.82) is 0 Å². The van der Waals surface area contributed by atoms with Crippen molar-refractivity contribution in [2.45, 2.75) is 12.6 Å². The van der Waals surface area contributed by atoms with Gasteiger partial charge in [-0.3, -0.25) is 4.90 Å². The molecule has 0 aromatic carbocycles. The van der Waals surface area contributed by atoms with E-state index in [4.69, 9.17) is 4.42 Å². The van der Waals surface area contributed by atoms with E-state index in [1.165, 1.54) is 7.11 Å². The Kier molecular flexibility index (Phi) is 5.19. The lowest BCUT2D eigenvalue weighted by Crippen LogP contribution is -2.30. The fraction of sp³-hybridized carbons (Fsp3) is 0.400. The minimum absolute atomic E-state index is 0.162. The number of aromatic nitrogens is 1. The van der Waals surface area contributed by atoms with E-state index in [0.717, 1.165) is 18.0 Å². The van der Waals surface area contributed by atoms with E-state index in [9.17, 15) is 4.79 Å². The molecule has 114 valence electrons. The van der Waals surface area contributed by atoms with Crippen LogP contribution in [-0.4, -0.2) is 43.6 Å². The summed E-state index contributed by atoms with van der Waals surface area (Å²) in [5.74, 6) is 0.567. The first kappa shape index (κ1) is 15.3. The first-order valence-corrected chi connectivity index (χ1v) is 6.78. The minimum Gasteiger partial charge on any atom is -0.468 e. The molecule has 2 rings (SSSR count). The maximum absolute atomic E-state index is 11.4. The van der Waals surface area contributed by atoms with Gasteiger partial charge in [0.1, 0.15) is 11.5 Å². The third kappa shape index (κ3) is 3.96. The van der Waals surface area contributed by atoms with E-state index >= 15 is 0 Å². The lowest BCUT2D eigenvalue weighted by atomic mass is 10.2. The van der Waals surface area contributed by atoms with E-state index in [1.54, 1.807) is 12.3 Å². The van der Waals surface area contributed by atoms with Crippen molar-refractivity contribution in [3.8, 4) is 0 Å². The Morgan fingerprint density at radius 1 is 1.43 bits per heavy atom. The van der Waals surface area contributed by atoms with Crippen molar-refractivity contribution in [3.05, 3.63) is 47.7 Å². The lowest BCUT2D eigenvalue weighted by Gasteiger charge is -2.22. The molecule has 0 bridgehead atoms. The summed E-state index contributed by atoms with van der Waals surface area (Å²) >= 11 is 0. The van der Waals surface area contributed by atoms with Gasteiger partial charge in [-0.1, -0.05) is 0 Å². The maximum Gasteiger partial charge on any atom is 0.354 e. The first-order chi connectivity index (χ1) is 10.1. The number of carbonyl (C=O) groups is 1. The molecule has 0 amide bonds. The van der Waals surface area contributed by atoms with Crippen molar-refractivity contribution < 1.29 is 13.9 Å². The van der Waals surface area contributed by atoms with Crippen molar-refractivity contribution in [2.75, 3.05) is 27.7 Å². The molecule has 6 nitrogen and oxygen atoms in total. The quantitative estimate of drug-likeness (QED) is 0.761. The number of hydrogen-bond donors (Lipinski definition) is 2. The number of methoxy groups -OCH3 is 1. The Morgan fingerprint density at radius 2 is 2.24 bits per heavy atom. The predicted molar refractivity (Wildman–Crippen MR) is 79.0 cm³/mol. The van der Waals surface area contributed by atoms with E-state index in [0.29, 0.717) is 12.2 Å². The van der Waals surface area contributed by atoms with Crippen LogP contribution < -0.4 is 5.32 Å². The van der Waals surface area contributed by atoms with Gasteiger partial charge < -0.3 is 19.5 Å². The molecule has 0 aliphatic carbocycles. The highest BCUT2D eigenvalue weighted by Gasteiger charge is 2.16. The van der Waals surface area contributed by atoms with Crippen LogP contribution in [-0.2, 0) is 11.3 Å². The summed E-state index contributed by atoms with van der Waals surface area (Å²) < 4.78 is 10.1. The second-order valence-corrected chi connectivity index (χ2v) is 5.01. The van der Waals surface area contributed by atoms with Gasteiger partial charge in [0, 0.05) is 18.8 Å². The van der Waals surface area contributed by atoms with Gasteiger partial charge in [-0.05, 0) is 38.4 Å². The van der Waals surface area contributed by atoms with Crippen molar-refractivity contribution >= 4 is 5.97 Å². The maximum atomic E-state index is 11.4. The number of carbonyl (C=O) groups excluding carboxylic acids is 1. The number of ether oxygens (including phenoxy) is 1. The van der Waals surface area contributed by atoms with Crippen LogP contribution in [0.15, 0.2) is 34.9 Å². The van der Waals surface area contributed by atoms with E-state index in [1.807, 2.05) is 32.3 Å². The molecule has 0 fully saturated rings. The second-order valence-electron chi connectivity index (χ2n) is 5.01. The van der Waals surface area contributed by atoms with Crippen molar-refractivity contribution in [1.82, 2.24) is 15.2 Å². The number of H-pyrrole nitrogens is 1. The number of aromatic amines is 1. The first-order valence-electron chi connectivity index (χ1n) is 6.78. The summed E-state index contributed by atoms with van der Waals surface area (Å²) in [5, 5.41) is 3.36. The molecule has 0 radical (unpaired) electrons. The standard InChI is InChI=1S/C15H21N3O3/c1-18(2)13(14-5-4-8-21-14)10-16-9-11-6-7-12(17-11)15(19)20-3/h4-8,13,16-17H,9-10H2,1-3H3. The van der Waals surface area contributed by atoms with Gasteiger partial charge in [0.15, 0.2) is 0 Å². The molecule has 0 saturated carbocycles. The van der Waals surface area contributed by atoms with E-state index in [-0.39, 0.29) is 12.0 Å². The average molecular weight is 291 g/mol.